The maximum atomic E-state index is 12.9. The molecule has 0 saturated carbocycles. The molecular formula is C24H20BrF3N4O2. The van der Waals surface area contributed by atoms with Gasteiger partial charge in [-0.15, -0.1) is 0 Å². The predicted molar refractivity (Wildman–Crippen MR) is 126 cm³/mol. The van der Waals surface area contributed by atoms with Gasteiger partial charge in [0.2, 0.25) is 5.91 Å². The molecule has 0 unspecified atom stereocenters. The number of benzene rings is 2. The van der Waals surface area contributed by atoms with Crippen LogP contribution < -0.4 is 15.4 Å². The van der Waals surface area contributed by atoms with E-state index in [9.17, 15) is 18.0 Å². The van der Waals surface area contributed by atoms with E-state index in [4.69, 9.17) is 4.74 Å². The van der Waals surface area contributed by atoms with E-state index in [1.165, 1.54) is 6.07 Å². The van der Waals surface area contributed by atoms with Crippen LogP contribution in [0.4, 0.5) is 18.9 Å². The molecule has 0 aliphatic carbocycles. The Morgan fingerprint density at radius 3 is 2.71 bits per heavy atom. The first-order chi connectivity index (χ1) is 16.3. The number of pyridine rings is 1. The smallest absolute Gasteiger partial charge is 0.416 e. The summed E-state index contributed by atoms with van der Waals surface area (Å²) in [5.74, 6) is 1.54. The number of carbonyl (C=O) groups is 1. The van der Waals surface area contributed by atoms with Crippen molar-refractivity contribution in [2.75, 3.05) is 18.4 Å². The molecule has 176 valence electrons. The monoisotopic (exact) mass is 532 g/mol. The topological polar surface area (TPSA) is 75.6 Å². The number of amides is 1. The molecule has 2 aromatic carbocycles. The van der Waals surface area contributed by atoms with Crippen LogP contribution in [0.3, 0.4) is 0 Å². The van der Waals surface area contributed by atoms with Crippen molar-refractivity contribution in [2.24, 2.45) is 4.99 Å². The van der Waals surface area contributed by atoms with Gasteiger partial charge in [-0.3, -0.25) is 14.8 Å². The summed E-state index contributed by atoms with van der Waals surface area (Å²) < 4.78 is 45.2. The lowest BCUT2D eigenvalue weighted by Gasteiger charge is -2.12. The molecule has 1 aliphatic rings. The lowest BCUT2D eigenvalue weighted by Crippen LogP contribution is -2.20. The number of aryl methyl sites for hydroxylation is 1. The minimum absolute atomic E-state index is 0.0757. The Labute approximate surface area is 202 Å². The molecule has 0 spiro atoms. The number of amidine groups is 1. The molecule has 1 aliphatic heterocycles. The normalized spacial score (nSPS) is 13.2. The second-order valence-electron chi connectivity index (χ2n) is 7.52. The van der Waals surface area contributed by atoms with E-state index >= 15 is 0 Å². The Morgan fingerprint density at radius 1 is 1.12 bits per heavy atom. The Hall–Kier alpha value is -3.40. The van der Waals surface area contributed by atoms with E-state index in [2.05, 4.69) is 36.5 Å². The fourth-order valence-electron chi connectivity index (χ4n) is 3.34. The number of aromatic nitrogens is 1. The van der Waals surface area contributed by atoms with Crippen molar-refractivity contribution in [3.05, 3.63) is 82.1 Å². The minimum Gasteiger partial charge on any atom is -0.457 e. The number of halogens is 4. The highest BCUT2D eigenvalue weighted by molar-refractivity contribution is 9.10. The molecule has 2 N–H and O–H groups in total. The van der Waals surface area contributed by atoms with Gasteiger partial charge in [-0.05, 0) is 64.3 Å². The van der Waals surface area contributed by atoms with Crippen LogP contribution in [0.1, 0.15) is 23.2 Å². The number of carbonyl (C=O) groups excluding carboxylic acids is 1. The maximum Gasteiger partial charge on any atom is 0.416 e. The van der Waals surface area contributed by atoms with Gasteiger partial charge in [0.05, 0.1) is 17.8 Å². The molecule has 4 rings (SSSR count). The number of hydrogen-bond acceptors (Lipinski definition) is 5. The Balaban J connectivity index is 1.37. The van der Waals surface area contributed by atoms with Crippen molar-refractivity contribution in [1.29, 1.82) is 0 Å². The van der Waals surface area contributed by atoms with Crippen molar-refractivity contribution < 1.29 is 22.7 Å². The largest absolute Gasteiger partial charge is 0.457 e. The highest BCUT2D eigenvalue weighted by Crippen LogP contribution is 2.34. The standard InChI is InChI=1S/C24H20BrF3N4O2/c25-19-6-5-16(24(26,27)28)13-20(19)32-22(33)7-4-15-2-1-3-17(12-15)34-18-8-9-29-21(14-18)23-30-10-11-31-23/h1-3,5-6,8-9,12-14H,4,7,10-11H2,(H,30,31)(H,32,33). The van der Waals surface area contributed by atoms with Crippen LogP contribution in [-0.2, 0) is 17.4 Å². The molecule has 1 amide bonds. The van der Waals surface area contributed by atoms with Gasteiger partial charge in [-0.25, -0.2) is 0 Å². The third kappa shape index (κ3) is 6.13. The molecule has 10 heteroatoms. The molecule has 1 aromatic heterocycles. The van der Waals surface area contributed by atoms with Gasteiger partial charge in [-0.1, -0.05) is 12.1 Å². The van der Waals surface area contributed by atoms with E-state index in [0.29, 0.717) is 34.6 Å². The van der Waals surface area contributed by atoms with Crippen LogP contribution in [0.2, 0.25) is 0 Å². The maximum absolute atomic E-state index is 12.9. The highest BCUT2D eigenvalue weighted by Gasteiger charge is 2.31. The zero-order chi connectivity index (χ0) is 24.1. The van der Waals surface area contributed by atoms with Crippen molar-refractivity contribution in [2.45, 2.75) is 19.0 Å². The molecule has 2 heterocycles. The van der Waals surface area contributed by atoms with Crippen LogP contribution in [0.15, 0.2) is 70.3 Å². The van der Waals surface area contributed by atoms with Crippen LogP contribution in [0, 0.1) is 0 Å². The summed E-state index contributed by atoms with van der Waals surface area (Å²) >= 11 is 3.17. The first-order valence-electron chi connectivity index (χ1n) is 10.5. The molecule has 0 saturated heterocycles. The van der Waals surface area contributed by atoms with Crippen LogP contribution >= 0.6 is 15.9 Å². The first kappa shape index (κ1) is 23.7. The van der Waals surface area contributed by atoms with E-state index in [1.807, 2.05) is 18.2 Å². The number of anilines is 1. The van der Waals surface area contributed by atoms with E-state index in [-0.39, 0.29) is 12.1 Å². The molecular weight excluding hydrogens is 513 g/mol. The fraction of sp³-hybridized carbons (Fsp3) is 0.208. The predicted octanol–water partition coefficient (Wildman–Crippen LogP) is 5.58. The number of aliphatic imine (C=N–C) groups is 1. The van der Waals surface area contributed by atoms with Gasteiger partial charge in [0.15, 0.2) is 0 Å². The number of nitrogens with zero attached hydrogens (tertiary/aromatic N) is 2. The summed E-state index contributed by atoms with van der Waals surface area (Å²) in [5.41, 5.74) is 0.799. The van der Waals surface area contributed by atoms with Gasteiger partial charge in [0.1, 0.15) is 23.0 Å². The Kier molecular flexibility index (Phi) is 7.16. The van der Waals surface area contributed by atoms with Gasteiger partial charge in [0.25, 0.3) is 0 Å². The number of ether oxygens (including phenoxy) is 1. The second kappa shape index (κ2) is 10.3. The number of hydrogen-bond donors (Lipinski definition) is 2. The second-order valence-corrected chi connectivity index (χ2v) is 8.38. The first-order valence-corrected chi connectivity index (χ1v) is 11.3. The van der Waals surface area contributed by atoms with Gasteiger partial charge in [0, 0.05) is 29.7 Å². The molecule has 6 nitrogen and oxygen atoms in total. The lowest BCUT2D eigenvalue weighted by molar-refractivity contribution is -0.137. The molecule has 0 fully saturated rings. The number of nitrogens with one attached hydrogen (secondary N) is 2. The lowest BCUT2D eigenvalue weighted by atomic mass is 10.1. The zero-order valence-corrected chi connectivity index (χ0v) is 19.4. The third-order valence-electron chi connectivity index (χ3n) is 4.99. The summed E-state index contributed by atoms with van der Waals surface area (Å²) in [5, 5.41) is 5.71. The fourth-order valence-corrected chi connectivity index (χ4v) is 3.69. The summed E-state index contributed by atoms with van der Waals surface area (Å²) in [6.45, 7) is 1.49. The average molecular weight is 533 g/mol. The summed E-state index contributed by atoms with van der Waals surface area (Å²) in [6.07, 6.45) is -2.36. The van der Waals surface area contributed by atoms with Crippen molar-refractivity contribution in [3.63, 3.8) is 0 Å². The van der Waals surface area contributed by atoms with Crippen molar-refractivity contribution in [3.8, 4) is 11.5 Å². The van der Waals surface area contributed by atoms with E-state index in [0.717, 1.165) is 30.1 Å². The zero-order valence-electron chi connectivity index (χ0n) is 17.8. The summed E-state index contributed by atoms with van der Waals surface area (Å²) in [6, 6.07) is 14.0. The molecule has 34 heavy (non-hydrogen) atoms. The summed E-state index contributed by atoms with van der Waals surface area (Å²) in [7, 11) is 0. The molecule has 0 atom stereocenters. The molecule has 3 aromatic rings. The van der Waals surface area contributed by atoms with Crippen molar-refractivity contribution >= 4 is 33.4 Å². The van der Waals surface area contributed by atoms with Crippen molar-refractivity contribution in [1.82, 2.24) is 10.3 Å². The number of alkyl halides is 3. The van der Waals surface area contributed by atoms with Gasteiger partial charge >= 0.3 is 6.18 Å². The minimum atomic E-state index is -4.49. The molecule has 0 radical (unpaired) electrons. The summed E-state index contributed by atoms with van der Waals surface area (Å²) in [4.78, 5) is 21.0. The van der Waals surface area contributed by atoms with Gasteiger partial charge in [-0.2, -0.15) is 13.2 Å². The highest BCUT2D eigenvalue weighted by atomic mass is 79.9. The van der Waals surface area contributed by atoms with Crippen LogP contribution in [0.5, 0.6) is 11.5 Å². The van der Waals surface area contributed by atoms with E-state index < -0.39 is 17.6 Å². The van der Waals surface area contributed by atoms with Crippen LogP contribution in [-0.4, -0.2) is 29.8 Å². The van der Waals surface area contributed by atoms with E-state index in [1.54, 1.807) is 24.4 Å². The Bertz CT molecular complexity index is 1230. The Morgan fingerprint density at radius 2 is 1.94 bits per heavy atom. The van der Waals surface area contributed by atoms with Crippen LogP contribution in [0.25, 0.3) is 0 Å². The number of rotatable bonds is 7. The molecule has 0 bridgehead atoms. The SMILES string of the molecule is O=C(CCc1cccc(Oc2ccnc(C3=NCCN3)c2)c1)Nc1cc(C(F)(F)F)ccc1Br. The van der Waals surface area contributed by atoms with Gasteiger partial charge < -0.3 is 15.4 Å². The third-order valence-corrected chi connectivity index (χ3v) is 5.68. The average Bonchev–Trinajstić information content (AvgIpc) is 3.34. The quantitative estimate of drug-likeness (QED) is 0.416.